The molecular formula is C35H33F3N4O5. The number of amides is 3. The molecule has 0 aliphatic rings. The molecule has 0 fully saturated rings. The number of anilines is 1. The molecule has 3 amide bonds. The van der Waals surface area contributed by atoms with Crippen molar-refractivity contribution in [3.8, 4) is 11.3 Å². The van der Waals surface area contributed by atoms with Crippen LogP contribution >= 0.6 is 0 Å². The molecule has 0 spiro atoms. The Morgan fingerprint density at radius 2 is 1.36 bits per heavy atom. The number of halogens is 3. The summed E-state index contributed by atoms with van der Waals surface area (Å²) in [6.07, 6.45) is -3.23. The zero-order valence-corrected chi connectivity index (χ0v) is 25.7. The monoisotopic (exact) mass is 646 g/mol. The predicted octanol–water partition coefficient (Wildman–Crippen LogP) is 5.32. The van der Waals surface area contributed by atoms with Crippen LogP contribution in [0.5, 0.6) is 0 Å². The molecular weight excluding hydrogens is 613 g/mol. The fourth-order valence-electron chi connectivity index (χ4n) is 4.87. The molecule has 0 aliphatic heterocycles. The van der Waals surface area contributed by atoms with E-state index in [-0.39, 0.29) is 30.8 Å². The Morgan fingerprint density at radius 3 is 1.94 bits per heavy atom. The number of pyridine rings is 1. The Morgan fingerprint density at radius 1 is 0.745 bits per heavy atom. The van der Waals surface area contributed by atoms with E-state index in [0.29, 0.717) is 22.4 Å². The summed E-state index contributed by atoms with van der Waals surface area (Å²) >= 11 is 0. The lowest BCUT2D eigenvalue weighted by Crippen LogP contribution is -2.57. The maximum Gasteiger partial charge on any atom is 0.416 e. The lowest BCUT2D eigenvalue weighted by atomic mass is 9.79. The Kier molecular flexibility index (Phi) is 11.1. The lowest BCUT2D eigenvalue weighted by Gasteiger charge is -2.31. The van der Waals surface area contributed by atoms with Crippen molar-refractivity contribution in [2.75, 3.05) is 25.0 Å². The highest BCUT2D eigenvalue weighted by Gasteiger charge is 2.48. The number of hydrogen-bond donors (Lipinski definition) is 3. The maximum absolute atomic E-state index is 13.3. The molecule has 0 atom stereocenters. The van der Waals surface area contributed by atoms with Gasteiger partial charge >= 0.3 is 12.1 Å². The average molecular weight is 647 g/mol. The topological polar surface area (TPSA) is 126 Å². The van der Waals surface area contributed by atoms with Gasteiger partial charge in [-0.1, -0.05) is 54.6 Å². The Hall–Kier alpha value is -5.52. The van der Waals surface area contributed by atoms with E-state index in [4.69, 9.17) is 4.74 Å². The molecule has 47 heavy (non-hydrogen) atoms. The van der Waals surface area contributed by atoms with Crippen LogP contribution in [0.4, 0.5) is 18.9 Å². The summed E-state index contributed by atoms with van der Waals surface area (Å²) < 4.78 is 44.5. The zero-order chi connectivity index (χ0) is 34.0. The number of alkyl halides is 3. The van der Waals surface area contributed by atoms with Crippen molar-refractivity contribution < 1.29 is 37.1 Å². The second-order valence-corrected chi connectivity index (χ2v) is 10.5. The summed E-state index contributed by atoms with van der Waals surface area (Å²) in [4.78, 5) is 56.8. The van der Waals surface area contributed by atoms with Crippen LogP contribution in [0.25, 0.3) is 11.3 Å². The normalized spacial score (nSPS) is 11.3. The van der Waals surface area contributed by atoms with Crippen LogP contribution in [0.2, 0.25) is 0 Å². The van der Waals surface area contributed by atoms with E-state index in [0.717, 1.165) is 12.1 Å². The van der Waals surface area contributed by atoms with E-state index in [9.17, 15) is 32.3 Å². The van der Waals surface area contributed by atoms with E-state index >= 15 is 0 Å². The molecule has 3 aromatic carbocycles. The van der Waals surface area contributed by atoms with E-state index < -0.39 is 47.5 Å². The second-order valence-electron chi connectivity index (χ2n) is 10.5. The van der Waals surface area contributed by atoms with Crippen LogP contribution in [0.3, 0.4) is 0 Å². The first-order valence-corrected chi connectivity index (χ1v) is 14.8. The van der Waals surface area contributed by atoms with Crippen molar-refractivity contribution in [3.63, 3.8) is 0 Å². The smallest absolute Gasteiger partial charge is 0.416 e. The minimum absolute atomic E-state index is 0.154. The zero-order valence-electron chi connectivity index (χ0n) is 25.7. The van der Waals surface area contributed by atoms with Gasteiger partial charge < -0.3 is 20.7 Å². The molecule has 1 heterocycles. The van der Waals surface area contributed by atoms with Gasteiger partial charge in [0.15, 0.2) is 5.41 Å². The van der Waals surface area contributed by atoms with Gasteiger partial charge in [0.25, 0.3) is 5.91 Å². The van der Waals surface area contributed by atoms with Crippen LogP contribution in [0, 0.1) is 0 Å². The molecule has 0 saturated heterocycles. The summed E-state index contributed by atoms with van der Waals surface area (Å²) in [5.74, 6) is -2.40. The van der Waals surface area contributed by atoms with Gasteiger partial charge in [-0.2, -0.15) is 13.2 Å². The van der Waals surface area contributed by atoms with Crippen LogP contribution in [0.1, 0.15) is 40.9 Å². The van der Waals surface area contributed by atoms with Gasteiger partial charge in [0.1, 0.15) is 6.61 Å². The lowest BCUT2D eigenvalue weighted by molar-refractivity contribution is -0.150. The molecule has 3 N–H and O–H groups in total. The van der Waals surface area contributed by atoms with Crippen molar-refractivity contribution in [1.29, 1.82) is 0 Å². The summed E-state index contributed by atoms with van der Waals surface area (Å²) in [7, 11) is 0. The summed E-state index contributed by atoms with van der Waals surface area (Å²) in [5.41, 5.74) is -0.598. The number of carbonyl (C=O) groups is 4. The molecule has 244 valence electrons. The number of carbonyl (C=O) groups excluding carboxylic acids is 4. The third-order valence-corrected chi connectivity index (χ3v) is 7.26. The highest BCUT2D eigenvalue weighted by atomic mass is 19.4. The van der Waals surface area contributed by atoms with Crippen LogP contribution in [-0.2, 0) is 37.1 Å². The summed E-state index contributed by atoms with van der Waals surface area (Å²) in [6, 6.07) is 22.2. The van der Waals surface area contributed by atoms with E-state index in [1.807, 2.05) is 0 Å². The number of nitrogens with zero attached hydrogens (tertiary/aromatic N) is 1. The molecule has 0 aliphatic carbocycles. The number of aromatic nitrogens is 1. The Labute approximate surface area is 269 Å². The van der Waals surface area contributed by atoms with Crippen LogP contribution in [-0.4, -0.2) is 48.4 Å². The summed E-state index contributed by atoms with van der Waals surface area (Å²) in [6.45, 7) is 3.45. The van der Waals surface area contributed by atoms with Crippen LogP contribution in [0.15, 0.2) is 97.2 Å². The molecule has 0 saturated carbocycles. The number of benzene rings is 3. The molecule has 4 aromatic rings. The highest BCUT2D eigenvalue weighted by Crippen LogP contribution is 2.31. The summed E-state index contributed by atoms with van der Waals surface area (Å²) in [5, 5.41) is 8.09. The van der Waals surface area contributed by atoms with Crippen molar-refractivity contribution in [2.45, 2.75) is 31.9 Å². The predicted molar refractivity (Wildman–Crippen MR) is 169 cm³/mol. The third kappa shape index (κ3) is 8.20. The first-order valence-electron chi connectivity index (χ1n) is 14.8. The van der Waals surface area contributed by atoms with Gasteiger partial charge in [-0.25, -0.2) is 0 Å². The van der Waals surface area contributed by atoms with E-state index in [1.165, 1.54) is 24.4 Å². The van der Waals surface area contributed by atoms with Crippen molar-refractivity contribution in [3.05, 3.63) is 119 Å². The minimum Gasteiger partial charge on any atom is -0.463 e. The van der Waals surface area contributed by atoms with Crippen LogP contribution < -0.4 is 16.0 Å². The first kappa shape index (κ1) is 34.4. The van der Waals surface area contributed by atoms with Gasteiger partial charge in [0.05, 0.1) is 23.2 Å². The number of ether oxygens (including phenoxy) is 1. The SMILES string of the molecule is CCNC(=O)C(COC(=O)Cc1ccc(NC(=O)c2cccnc2-c2ccc(C(F)(F)F)cc2)cc1)(C(=O)NCC)c1ccccc1. The van der Waals surface area contributed by atoms with Gasteiger partial charge in [-0.05, 0) is 61.4 Å². The molecule has 12 heteroatoms. The molecule has 0 unspecified atom stereocenters. The standard InChI is InChI=1S/C35H33F3N4O5/c1-3-39-32(45)34(33(46)40-4-2,25-9-6-5-7-10-25)22-47-29(43)21-23-12-18-27(19-13-23)42-31(44)28-11-8-20-41-30(28)24-14-16-26(17-15-24)35(36,37)38/h5-20H,3-4,21-22H2,1-2H3,(H,39,45)(H,40,46)(H,42,44). The van der Waals surface area contributed by atoms with Crippen molar-refractivity contribution in [2.24, 2.45) is 0 Å². The van der Waals surface area contributed by atoms with Crippen molar-refractivity contribution >= 4 is 29.4 Å². The fraction of sp³-hybridized carbons (Fsp3) is 0.229. The van der Waals surface area contributed by atoms with E-state index in [1.54, 1.807) is 74.5 Å². The van der Waals surface area contributed by atoms with Gasteiger partial charge in [-0.3, -0.25) is 24.2 Å². The number of esters is 1. The molecule has 0 bridgehead atoms. The largest absolute Gasteiger partial charge is 0.463 e. The Balaban J connectivity index is 1.45. The van der Waals surface area contributed by atoms with Gasteiger partial charge in [-0.15, -0.1) is 0 Å². The molecule has 4 rings (SSSR count). The number of nitrogens with one attached hydrogen (secondary N) is 3. The third-order valence-electron chi connectivity index (χ3n) is 7.26. The molecule has 0 radical (unpaired) electrons. The number of rotatable bonds is 12. The second kappa shape index (κ2) is 15.2. The fourth-order valence-corrected chi connectivity index (χ4v) is 4.87. The minimum atomic E-state index is -4.49. The number of hydrogen-bond acceptors (Lipinski definition) is 6. The number of likely N-dealkylation sites (N-methyl/N-ethyl adjacent to an activating group) is 2. The van der Waals surface area contributed by atoms with Gasteiger partial charge in [0, 0.05) is 30.5 Å². The highest BCUT2D eigenvalue weighted by molar-refractivity contribution is 6.11. The molecule has 9 nitrogen and oxygen atoms in total. The average Bonchev–Trinajstić information content (AvgIpc) is 3.06. The first-order chi connectivity index (χ1) is 22.5. The quantitative estimate of drug-likeness (QED) is 0.141. The maximum atomic E-state index is 13.3. The van der Waals surface area contributed by atoms with Gasteiger partial charge in [0.2, 0.25) is 11.8 Å². The molecule has 1 aromatic heterocycles. The Bertz CT molecular complexity index is 1690. The van der Waals surface area contributed by atoms with E-state index in [2.05, 4.69) is 20.9 Å². The van der Waals surface area contributed by atoms with Crippen molar-refractivity contribution in [1.82, 2.24) is 15.6 Å².